The van der Waals surface area contributed by atoms with Gasteiger partial charge in [-0.15, -0.1) is 0 Å². The molecule has 1 aliphatic rings. The van der Waals surface area contributed by atoms with Gasteiger partial charge in [-0.25, -0.2) is 0 Å². The maximum atomic E-state index is 6.61. The van der Waals surface area contributed by atoms with E-state index in [1.54, 1.807) is 0 Å². The summed E-state index contributed by atoms with van der Waals surface area (Å²) in [5.41, 5.74) is 5.98. The lowest BCUT2D eigenvalue weighted by molar-refractivity contribution is 0.901. The highest BCUT2D eigenvalue weighted by molar-refractivity contribution is 6.36. The van der Waals surface area contributed by atoms with E-state index in [1.165, 1.54) is 28.8 Å². The fourth-order valence-corrected chi connectivity index (χ4v) is 3.45. The highest BCUT2D eigenvalue weighted by atomic mass is 35.5. The van der Waals surface area contributed by atoms with E-state index in [-0.39, 0.29) is 0 Å². The molecule has 2 aromatic heterocycles. The highest BCUT2D eigenvalue weighted by Gasteiger charge is 2.18. The van der Waals surface area contributed by atoms with Crippen molar-refractivity contribution >= 4 is 22.5 Å². The number of hydrogen-bond acceptors (Lipinski definition) is 2. The zero-order chi connectivity index (χ0) is 14.2. The van der Waals surface area contributed by atoms with E-state index in [4.69, 9.17) is 16.6 Å². The van der Waals surface area contributed by atoms with E-state index in [2.05, 4.69) is 23.2 Å². The summed E-state index contributed by atoms with van der Waals surface area (Å²) in [4.78, 5) is 8.83. The maximum Gasteiger partial charge on any atom is 0.0720 e. The second-order valence-electron chi connectivity index (χ2n) is 5.59. The first-order valence-corrected chi connectivity index (χ1v) is 7.68. The third-order valence-electron chi connectivity index (χ3n) is 4.16. The first-order valence-electron chi connectivity index (χ1n) is 7.30. The minimum Gasteiger partial charge on any atom is -0.265 e. The summed E-state index contributed by atoms with van der Waals surface area (Å²) in [5.74, 6) is 0. The van der Waals surface area contributed by atoms with Crippen molar-refractivity contribution in [2.45, 2.75) is 25.7 Å². The fraction of sp³-hybridized carbons (Fsp3) is 0.222. The van der Waals surface area contributed by atoms with Gasteiger partial charge in [0.25, 0.3) is 0 Å². The Morgan fingerprint density at radius 1 is 1.00 bits per heavy atom. The van der Waals surface area contributed by atoms with Crippen LogP contribution in [0.3, 0.4) is 0 Å². The van der Waals surface area contributed by atoms with Gasteiger partial charge in [0.1, 0.15) is 0 Å². The minimum absolute atomic E-state index is 0.895. The molecule has 4 rings (SSSR count). The topological polar surface area (TPSA) is 25.8 Å². The molecule has 104 valence electrons. The van der Waals surface area contributed by atoms with E-state index >= 15 is 0 Å². The van der Waals surface area contributed by atoms with Crippen LogP contribution in [0.1, 0.15) is 28.8 Å². The summed E-state index contributed by atoms with van der Waals surface area (Å²) in [6, 6.07) is 10.5. The van der Waals surface area contributed by atoms with Gasteiger partial charge in [0, 0.05) is 23.5 Å². The van der Waals surface area contributed by atoms with Crippen LogP contribution in [0.5, 0.6) is 0 Å². The molecule has 0 saturated heterocycles. The molecule has 2 nitrogen and oxygen atoms in total. The van der Waals surface area contributed by atoms with Gasteiger partial charge in [-0.3, -0.25) is 9.97 Å². The molecule has 21 heavy (non-hydrogen) atoms. The molecule has 0 aliphatic heterocycles. The lowest BCUT2D eigenvalue weighted by Gasteiger charge is -2.09. The van der Waals surface area contributed by atoms with Crippen LogP contribution in [-0.2, 0) is 19.3 Å². The van der Waals surface area contributed by atoms with Gasteiger partial charge >= 0.3 is 0 Å². The molecule has 2 heterocycles. The second kappa shape index (κ2) is 5.12. The number of hydrogen-bond donors (Lipinski definition) is 0. The van der Waals surface area contributed by atoms with Gasteiger partial charge in [-0.2, -0.15) is 0 Å². The van der Waals surface area contributed by atoms with Crippen molar-refractivity contribution in [3.8, 4) is 0 Å². The summed E-state index contributed by atoms with van der Waals surface area (Å²) in [7, 11) is 0. The number of halogens is 1. The molecular weight excluding hydrogens is 280 g/mol. The summed E-state index contributed by atoms with van der Waals surface area (Å²) in [6.45, 7) is 0. The van der Waals surface area contributed by atoms with Gasteiger partial charge in [-0.05, 0) is 66.6 Å². The van der Waals surface area contributed by atoms with E-state index in [9.17, 15) is 0 Å². The number of fused-ring (bicyclic) bond motifs is 2. The van der Waals surface area contributed by atoms with Crippen molar-refractivity contribution in [3.05, 3.63) is 70.1 Å². The Morgan fingerprint density at radius 2 is 1.86 bits per heavy atom. The van der Waals surface area contributed by atoms with Gasteiger partial charge in [-0.1, -0.05) is 17.7 Å². The molecule has 3 aromatic rings. The Hall–Kier alpha value is -1.93. The Morgan fingerprint density at radius 3 is 2.71 bits per heavy atom. The lowest BCUT2D eigenvalue weighted by atomic mass is 10.0. The van der Waals surface area contributed by atoms with Crippen molar-refractivity contribution in [1.29, 1.82) is 0 Å². The van der Waals surface area contributed by atoms with Crippen molar-refractivity contribution in [3.63, 3.8) is 0 Å². The Bertz CT molecular complexity index is 812. The highest BCUT2D eigenvalue weighted by Crippen LogP contribution is 2.34. The first-order chi connectivity index (χ1) is 10.3. The second-order valence-corrected chi connectivity index (χ2v) is 5.97. The smallest absolute Gasteiger partial charge is 0.0720 e. The monoisotopic (exact) mass is 294 g/mol. The van der Waals surface area contributed by atoms with Crippen molar-refractivity contribution in [1.82, 2.24) is 9.97 Å². The lowest BCUT2D eigenvalue weighted by Crippen LogP contribution is -1.94. The number of pyridine rings is 2. The zero-order valence-corrected chi connectivity index (χ0v) is 12.4. The molecule has 0 amide bonds. The van der Waals surface area contributed by atoms with Crippen LogP contribution >= 0.6 is 11.6 Å². The minimum atomic E-state index is 0.895. The predicted octanol–water partition coefficient (Wildman–Crippen LogP) is 4.36. The number of aromatic nitrogens is 2. The maximum absolute atomic E-state index is 6.61. The molecule has 0 spiro atoms. The standard InChI is InChI=1S/C18H15ClN2/c19-18-14-2-1-3-16(14)21-17-5-4-13(11-15(17)18)10-12-6-8-20-9-7-12/h4-9,11H,1-3,10H2. The predicted molar refractivity (Wildman–Crippen MR) is 85.8 cm³/mol. The molecular formula is C18H15ClN2. The van der Waals surface area contributed by atoms with Gasteiger partial charge in [0.2, 0.25) is 0 Å². The number of benzene rings is 1. The summed E-state index contributed by atoms with van der Waals surface area (Å²) in [5, 5.41) is 1.99. The van der Waals surface area contributed by atoms with E-state index < -0.39 is 0 Å². The molecule has 0 radical (unpaired) electrons. The fourth-order valence-electron chi connectivity index (χ4n) is 3.10. The molecule has 0 N–H and O–H groups in total. The first kappa shape index (κ1) is 12.8. The molecule has 0 unspecified atom stereocenters. The van der Waals surface area contributed by atoms with Crippen molar-refractivity contribution < 1.29 is 0 Å². The third-order valence-corrected chi connectivity index (χ3v) is 4.60. The van der Waals surface area contributed by atoms with E-state index in [0.717, 1.165) is 35.2 Å². The normalized spacial score (nSPS) is 13.6. The average molecular weight is 295 g/mol. The Balaban J connectivity index is 1.79. The molecule has 1 aliphatic carbocycles. The summed E-state index contributed by atoms with van der Waals surface area (Å²) in [6.07, 6.45) is 7.85. The van der Waals surface area contributed by atoms with Crippen LogP contribution in [0.2, 0.25) is 5.02 Å². The molecule has 0 saturated carbocycles. The summed E-state index contributed by atoms with van der Waals surface area (Å²) < 4.78 is 0. The van der Waals surface area contributed by atoms with Crippen LogP contribution in [0.4, 0.5) is 0 Å². The molecule has 0 atom stereocenters. The molecule has 3 heteroatoms. The quantitative estimate of drug-likeness (QED) is 0.702. The molecule has 1 aromatic carbocycles. The molecule has 0 bridgehead atoms. The average Bonchev–Trinajstić information content (AvgIpc) is 2.98. The number of nitrogens with zero attached hydrogens (tertiary/aromatic N) is 2. The van der Waals surface area contributed by atoms with Crippen LogP contribution < -0.4 is 0 Å². The van der Waals surface area contributed by atoms with E-state index in [1.807, 2.05) is 24.5 Å². The van der Waals surface area contributed by atoms with Crippen LogP contribution in [0.15, 0.2) is 42.7 Å². The summed E-state index contributed by atoms with van der Waals surface area (Å²) >= 11 is 6.61. The van der Waals surface area contributed by atoms with Crippen molar-refractivity contribution in [2.24, 2.45) is 0 Å². The van der Waals surface area contributed by atoms with E-state index in [0.29, 0.717) is 0 Å². The number of rotatable bonds is 2. The Kier molecular flexibility index (Phi) is 3.12. The van der Waals surface area contributed by atoms with Crippen LogP contribution in [0, 0.1) is 0 Å². The van der Waals surface area contributed by atoms with Crippen molar-refractivity contribution in [2.75, 3.05) is 0 Å². The van der Waals surface area contributed by atoms with Gasteiger partial charge < -0.3 is 0 Å². The third kappa shape index (κ3) is 2.30. The molecule has 0 fully saturated rings. The SMILES string of the molecule is Clc1c2c(nc3ccc(Cc4ccncc4)cc13)CCC2. The van der Waals surface area contributed by atoms with Crippen LogP contribution in [-0.4, -0.2) is 9.97 Å². The Labute approximate surface area is 128 Å². The largest absolute Gasteiger partial charge is 0.265 e. The van der Waals surface area contributed by atoms with Crippen LogP contribution in [0.25, 0.3) is 10.9 Å². The van der Waals surface area contributed by atoms with Gasteiger partial charge in [0.15, 0.2) is 0 Å². The van der Waals surface area contributed by atoms with Gasteiger partial charge in [0.05, 0.1) is 10.5 Å². The number of aryl methyl sites for hydroxylation is 1. The zero-order valence-electron chi connectivity index (χ0n) is 11.6.